The summed E-state index contributed by atoms with van der Waals surface area (Å²) >= 11 is 1.30. The molecule has 0 radical (unpaired) electrons. The van der Waals surface area contributed by atoms with Crippen LogP contribution in [0.4, 0.5) is 13.2 Å². The Labute approximate surface area is 230 Å². The molecule has 2 rings (SSSR count). The lowest BCUT2D eigenvalue weighted by atomic mass is 10.1. The molecule has 12 heteroatoms. The lowest BCUT2D eigenvalue weighted by Crippen LogP contribution is -2.50. The van der Waals surface area contributed by atoms with Gasteiger partial charge < -0.3 is 25.0 Å². The Balaban J connectivity index is 1.87. The molecule has 0 unspecified atom stereocenters. The third-order valence-corrected chi connectivity index (χ3v) is 6.64. The Kier molecular flexibility index (Phi) is 12.8. The van der Waals surface area contributed by atoms with Crippen LogP contribution < -0.4 is 5.32 Å². The van der Waals surface area contributed by atoms with Crippen molar-refractivity contribution in [3.05, 3.63) is 65.3 Å². The van der Waals surface area contributed by atoms with Crippen LogP contribution in [0.3, 0.4) is 0 Å². The number of carbonyl (C=O) groups excluding carboxylic acids is 2. The molecule has 2 atom stereocenters. The van der Waals surface area contributed by atoms with Crippen molar-refractivity contribution >= 4 is 35.7 Å². The van der Waals surface area contributed by atoms with E-state index in [2.05, 4.69) is 10.3 Å². The van der Waals surface area contributed by atoms with Gasteiger partial charge in [-0.05, 0) is 38.5 Å². The van der Waals surface area contributed by atoms with Crippen molar-refractivity contribution < 1.29 is 33.0 Å². The maximum atomic E-state index is 13.6. The van der Waals surface area contributed by atoms with Gasteiger partial charge in [-0.3, -0.25) is 9.59 Å². The number of hydrogen-bond donors (Lipinski definition) is 3. The standard InChI is InChI=1S/C27H35F3N4O4S/c1-4-10-20-21(11-5-2)34(26(32-20)27(28,29)30)15-17-39-16-14-31-24(37)22(35)23(36)25(38)33(6-3)18-19-12-8-7-9-13-19/h4-5,7-13,22-23,35-36H,6,14-18H2,1-3H3,(H,31,37)/b10-4-,11-5-/t22-,23-/m1/s1. The number of halogens is 3. The molecule has 2 aromatic rings. The molecule has 1 heterocycles. The molecule has 0 aliphatic carbocycles. The smallest absolute Gasteiger partial charge is 0.380 e. The largest absolute Gasteiger partial charge is 0.449 e. The maximum Gasteiger partial charge on any atom is 0.449 e. The van der Waals surface area contributed by atoms with Gasteiger partial charge in [0, 0.05) is 37.7 Å². The van der Waals surface area contributed by atoms with Crippen LogP contribution in [0.1, 0.15) is 43.5 Å². The number of imidazole rings is 1. The first kappa shape index (κ1) is 32.1. The van der Waals surface area contributed by atoms with E-state index in [1.54, 1.807) is 39.0 Å². The monoisotopic (exact) mass is 568 g/mol. The van der Waals surface area contributed by atoms with E-state index in [1.807, 2.05) is 30.3 Å². The number of aromatic nitrogens is 2. The lowest BCUT2D eigenvalue weighted by Gasteiger charge is -2.25. The van der Waals surface area contributed by atoms with Crippen LogP contribution in [0.5, 0.6) is 0 Å². The number of nitrogens with one attached hydrogen (secondary N) is 1. The van der Waals surface area contributed by atoms with Crippen molar-refractivity contribution in [1.29, 1.82) is 0 Å². The number of rotatable bonds is 14. The Hall–Kier alpha value is -3.09. The number of aliphatic hydroxyl groups excluding tert-OH is 2. The zero-order valence-electron chi connectivity index (χ0n) is 22.2. The fourth-order valence-corrected chi connectivity index (χ4v) is 4.53. The van der Waals surface area contributed by atoms with Crippen LogP contribution in [0.15, 0.2) is 42.5 Å². The molecule has 1 aromatic heterocycles. The molecule has 2 amide bonds. The summed E-state index contributed by atoms with van der Waals surface area (Å²) in [5.74, 6) is -2.01. The van der Waals surface area contributed by atoms with Crippen molar-refractivity contribution in [2.24, 2.45) is 0 Å². The number of likely N-dealkylation sites (N-methyl/N-ethyl adjacent to an activating group) is 1. The predicted molar refractivity (Wildman–Crippen MR) is 147 cm³/mol. The summed E-state index contributed by atoms with van der Waals surface area (Å²) in [5.41, 5.74) is 1.42. The molecule has 0 saturated heterocycles. The molecule has 0 saturated carbocycles. The third-order valence-electron chi connectivity index (χ3n) is 5.67. The van der Waals surface area contributed by atoms with Gasteiger partial charge in [-0.25, -0.2) is 4.98 Å². The van der Waals surface area contributed by atoms with E-state index in [1.165, 1.54) is 22.7 Å². The quantitative estimate of drug-likeness (QED) is 0.301. The third kappa shape index (κ3) is 9.26. The van der Waals surface area contributed by atoms with E-state index in [4.69, 9.17) is 0 Å². The van der Waals surface area contributed by atoms with Gasteiger partial charge in [0.15, 0.2) is 12.2 Å². The van der Waals surface area contributed by atoms with Gasteiger partial charge in [0.1, 0.15) is 0 Å². The second kappa shape index (κ2) is 15.5. The normalized spacial score (nSPS) is 13.6. The summed E-state index contributed by atoms with van der Waals surface area (Å²) in [5, 5.41) is 22.9. The first-order chi connectivity index (χ1) is 18.5. The Morgan fingerprint density at radius 1 is 1.10 bits per heavy atom. The van der Waals surface area contributed by atoms with Gasteiger partial charge in [-0.2, -0.15) is 24.9 Å². The van der Waals surface area contributed by atoms with Gasteiger partial charge >= 0.3 is 6.18 Å². The summed E-state index contributed by atoms with van der Waals surface area (Å²) in [6.07, 6.45) is -2.13. The first-order valence-corrected chi connectivity index (χ1v) is 13.7. The molecule has 0 bridgehead atoms. The number of hydrogen-bond acceptors (Lipinski definition) is 6. The highest BCUT2D eigenvalue weighted by atomic mass is 32.2. The molecule has 39 heavy (non-hydrogen) atoms. The van der Waals surface area contributed by atoms with Crippen molar-refractivity contribution in [3.8, 4) is 0 Å². The molecular formula is C27H35F3N4O4S. The van der Waals surface area contributed by atoms with Crippen LogP contribution in [-0.4, -0.2) is 73.3 Å². The zero-order chi connectivity index (χ0) is 29.0. The number of nitrogens with zero attached hydrogens (tertiary/aromatic N) is 3. The summed E-state index contributed by atoms with van der Waals surface area (Å²) in [4.78, 5) is 30.0. The highest BCUT2D eigenvalue weighted by molar-refractivity contribution is 7.99. The molecule has 0 aliphatic heterocycles. The number of benzene rings is 1. The van der Waals surface area contributed by atoms with Crippen molar-refractivity contribution in [1.82, 2.24) is 19.8 Å². The summed E-state index contributed by atoms with van der Waals surface area (Å²) in [6, 6.07) is 9.11. The van der Waals surface area contributed by atoms with Gasteiger partial charge in [0.25, 0.3) is 11.8 Å². The molecule has 0 fully saturated rings. The highest BCUT2D eigenvalue weighted by Crippen LogP contribution is 2.31. The molecule has 214 valence electrons. The topological polar surface area (TPSA) is 108 Å². The SMILES string of the molecule is C/C=C\c1nc(C(F)(F)F)n(CCSCCNC(=O)[C@H](O)[C@@H](O)C(=O)N(CC)Cc2ccccc2)c1/C=C\C. The van der Waals surface area contributed by atoms with Crippen molar-refractivity contribution in [2.45, 2.75) is 52.2 Å². The molecule has 0 aliphatic rings. The zero-order valence-corrected chi connectivity index (χ0v) is 23.0. The minimum absolute atomic E-state index is 0.0434. The maximum absolute atomic E-state index is 13.6. The van der Waals surface area contributed by atoms with Crippen LogP contribution in [0, 0.1) is 0 Å². The Morgan fingerprint density at radius 3 is 2.36 bits per heavy atom. The number of aliphatic hydroxyl groups is 2. The van der Waals surface area contributed by atoms with E-state index >= 15 is 0 Å². The first-order valence-electron chi connectivity index (χ1n) is 12.5. The predicted octanol–water partition coefficient (Wildman–Crippen LogP) is 3.59. The van der Waals surface area contributed by atoms with Crippen molar-refractivity contribution in [2.75, 3.05) is 24.6 Å². The molecular weight excluding hydrogens is 533 g/mol. The van der Waals surface area contributed by atoms with Crippen LogP contribution in [0.2, 0.25) is 0 Å². The average Bonchev–Trinajstić information content (AvgIpc) is 3.26. The summed E-state index contributed by atoms with van der Waals surface area (Å²) in [7, 11) is 0. The van der Waals surface area contributed by atoms with Crippen LogP contribution >= 0.6 is 11.8 Å². The van der Waals surface area contributed by atoms with E-state index in [0.29, 0.717) is 17.2 Å². The fourth-order valence-electron chi connectivity index (χ4n) is 3.76. The average molecular weight is 569 g/mol. The second-order valence-electron chi connectivity index (χ2n) is 8.49. The van der Waals surface area contributed by atoms with Gasteiger partial charge in [-0.15, -0.1) is 0 Å². The second-order valence-corrected chi connectivity index (χ2v) is 9.71. The molecule has 0 spiro atoms. The number of thioether (sulfide) groups is 1. The Bertz CT molecular complexity index is 1140. The number of alkyl halides is 3. The highest BCUT2D eigenvalue weighted by Gasteiger charge is 2.38. The van der Waals surface area contributed by atoms with Gasteiger partial charge in [-0.1, -0.05) is 42.5 Å². The number of carbonyl (C=O) groups is 2. The van der Waals surface area contributed by atoms with Crippen LogP contribution in [-0.2, 0) is 28.9 Å². The molecule has 1 aromatic carbocycles. The summed E-state index contributed by atoms with van der Waals surface area (Å²) < 4.78 is 41.8. The number of amides is 2. The minimum atomic E-state index is -4.61. The van der Waals surface area contributed by atoms with Gasteiger partial charge in [0.2, 0.25) is 5.82 Å². The number of allylic oxidation sites excluding steroid dienone is 2. The van der Waals surface area contributed by atoms with E-state index < -0.39 is 36.0 Å². The minimum Gasteiger partial charge on any atom is -0.380 e. The fraction of sp³-hybridized carbons (Fsp3) is 0.444. The van der Waals surface area contributed by atoms with Crippen LogP contribution in [0.25, 0.3) is 12.2 Å². The van der Waals surface area contributed by atoms with E-state index in [9.17, 15) is 33.0 Å². The molecule has 3 N–H and O–H groups in total. The molecule has 8 nitrogen and oxygen atoms in total. The summed E-state index contributed by atoms with van der Waals surface area (Å²) in [6.45, 7) is 5.76. The van der Waals surface area contributed by atoms with Crippen molar-refractivity contribution in [3.63, 3.8) is 0 Å². The lowest BCUT2D eigenvalue weighted by molar-refractivity contribution is -0.153. The van der Waals surface area contributed by atoms with Gasteiger partial charge in [0.05, 0.1) is 11.4 Å². The van der Waals surface area contributed by atoms with E-state index in [0.717, 1.165) is 10.1 Å². The van der Waals surface area contributed by atoms with E-state index in [-0.39, 0.29) is 31.9 Å². The Morgan fingerprint density at radius 2 is 1.77 bits per heavy atom.